The summed E-state index contributed by atoms with van der Waals surface area (Å²) >= 11 is 5.22. The lowest BCUT2D eigenvalue weighted by Crippen LogP contribution is -2.31. The quantitative estimate of drug-likeness (QED) is 0.248. The first-order valence-corrected chi connectivity index (χ1v) is 10.5. The van der Waals surface area contributed by atoms with Gasteiger partial charge in [0.05, 0.1) is 52.7 Å². The van der Waals surface area contributed by atoms with Crippen LogP contribution < -0.4 is 10.6 Å². The number of nitrogens with one attached hydrogen (secondary N) is 2. The largest absolute Gasteiger partial charge is 0.481 e. The SMILES string of the molecule is CC(C)COCCOCCOCCOCCNC(=S)Nc1ccc(CC(=O)O)cc1. The predicted octanol–water partition coefficient (Wildman–Crippen LogP) is 2.32. The van der Waals surface area contributed by atoms with E-state index in [1.807, 2.05) is 0 Å². The third kappa shape index (κ3) is 15.1. The van der Waals surface area contributed by atoms with Crippen LogP contribution in [0.25, 0.3) is 0 Å². The van der Waals surface area contributed by atoms with Gasteiger partial charge in [0.1, 0.15) is 0 Å². The van der Waals surface area contributed by atoms with E-state index in [2.05, 4.69) is 24.5 Å². The monoisotopic (exact) mass is 442 g/mol. The van der Waals surface area contributed by atoms with E-state index in [-0.39, 0.29) is 6.42 Å². The predicted molar refractivity (Wildman–Crippen MR) is 120 cm³/mol. The molecule has 0 aliphatic heterocycles. The molecule has 0 saturated carbocycles. The Kier molecular flexibility index (Phi) is 14.8. The Hall–Kier alpha value is -1.78. The summed E-state index contributed by atoms with van der Waals surface area (Å²) in [5.74, 6) is -0.311. The first-order chi connectivity index (χ1) is 14.5. The van der Waals surface area contributed by atoms with E-state index in [1.54, 1.807) is 24.3 Å². The van der Waals surface area contributed by atoms with E-state index in [4.69, 9.17) is 36.3 Å². The first kappa shape index (κ1) is 26.3. The Bertz CT molecular complexity index is 598. The Morgan fingerprint density at radius 3 is 2.00 bits per heavy atom. The summed E-state index contributed by atoms with van der Waals surface area (Å²) in [7, 11) is 0. The van der Waals surface area contributed by atoms with Crippen LogP contribution in [0.3, 0.4) is 0 Å². The van der Waals surface area contributed by atoms with Gasteiger partial charge in [0.25, 0.3) is 0 Å². The van der Waals surface area contributed by atoms with Gasteiger partial charge in [-0.3, -0.25) is 4.79 Å². The van der Waals surface area contributed by atoms with Gasteiger partial charge in [-0.05, 0) is 35.8 Å². The molecule has 0 fully saturated rings. The molecule has 1 aromatic rings. The van der Waals surface area contributed by atoms with Gasteiger partial charge in [0, 0.05) is 18.8 Å². The number of benzene rings is 1. The molecule has 0 aliphatic carbocycles. The van der Waals surface area contributed by atoms with Crippen molar-refractivity contribution in [2.24, 2.45) is 5.92 Å². The van der Waals surface area contributed by atoms with Crippen LogP contribution in [-0.4, -0.2) is 75.6 Å². The molecule has 0 radical (unpaired) electrons. The molecular formula is C21H34N2O6S. The molecule has 0 aliphatic rings. The van der Waals surface area contributed by atoms with Crippen LogP contribution in [-0.2, 0) is 30.2 Å². The molecule has 0 atom stereocenters. The van der Waals surface area contributed by atoms with Crippen LogP contribution in [0.1, 0.15) is 19.4 Å². The average molecular weight is 443 g/mol. The van der Waals surface area contributed by atoms with Crippen molar-refractivity contribution in [1.82, 2.24) is 5.32 Å². The number of ether oxygens (including phenoxy) is 4. The second-order valence-corrected chi connectivity index (χ2v) is 7.36. The molecule has 0 bridgehead atoms. The molecule has 30 heavy (non-hydrogen) atoms. The van der Waals surface area contributed by atoms with Crippen LogP contribution in [0, 0.1) is 5.92 Å². The Balaban J connectivity index is 1.90. The normalized spacial score (nSPS) is 10.9. The summed E-state index contributed by atoms with van der Waals surface area (Å²) in [5, 5.41) is 15.3. The molecule has 0 heterocycles. The molecule has 9 heteroatoms. The minimum Gasteiger partial charge on any atom is -0.481 e. The fourth-order valence-electron chi connectivity index (χ4n) is 2.27. The van der Waals surface area contributed by atoms with E-state index in [0.717, 1.165) is 17.9 Å². The summed E-state index contributed by atoms with van der Waals surface area (Å²) in [5.41, 5.74) is 1.54. The Morgan fingerprint density at radius 2 is 1.47 bits per heavy atom. The number of hydrogen-bond donors (Lipinski definition) is 3. The smallest absolute Gasteiger partial charge is 0.307 e. The van der Waals surface area contributed by atoms with Crippen molar-refractivity contribution in [2.75, 3.05) is 64.7 Å². The van der Waals surface area contributed by atoms with Gasteiger partial charge in [-0.25, -0.2) is 0 Å². The maximum Gasteiger partial charge on any atom is 0.307 e. The number of hydrogen-bond acceptors (Lipinski definition) is 6. The zero-order valence-corrected chi connectivity index (χ0v) is 18.7. The van der Waals surface area contributed by atoms with E-state index in [9.17, 15) is 4.79 Å². The molecule has 1 rings (SSSR count). The molecule has 0 saturated heterocycles. The summed E-state index contributed by atoms with van der Waals surface area (Å²) < 4.78 is 21.7. The summed E-state index contributed by atoms with van der Waals surface area (Å²) in [6.45, 7) is 9.36. The summed E-state index contributed by atoms with van der Waals surface area (Å²) in [4.78, 5) is 10.7. The van der Waals surface area contributed by atoms with Gasteiger partial charge in [-0.1, -0.05) is 26.0 Å². The molecule has 0 spiro atoms. The molecule has 170 valence electrons. The fourth-order valence-corrected chi connectivity index (χ4v) is 2.49. The highest BCUT2D eigenvalue weighted by atomic mass is 32.1. The molecule has 0 unspecified atom stereocenters. The van der Waals surface area contributed by atoms with Crippen molar-refractivity contribution in [3.8, 4) is 0 Å². The van der Waals surface area contributed by atoms with E-state index in [0.29, 0.717) is 63.8 Å². The van der Waals surface area contributed by atoms with Gasteiger partial charge >= 0.3 is 5.97 Å². The fraction of sp³-hybridized carbons (Fsp3) is 0.619. The van der Waals surface area contributed by atoms with Crippen LogP contribution >= 0.6 is 12.2 Å². The third-order valence-corrected chi connectivity index (χ3v) is 3.91. The van der Waals surface area contributed by atoms with Crippen molar-refractivity contribution >= 4 is 29.0 Å². The average Bonchev–Trinajstić information content (AvgIpc) is 2.69. The van der Waals surface area contributed by atoms with Gasteiger partial charge in [-0.2, -0.15) is 0 Å². The maximum atomic E-state index is 10.7. The van der Waals surface area contributed by atoms with Crippen LogP contribution in [0.5, 0.6) is 0 Å². The minimum atomic E-state index is -0.853. The number of rotatable bonds is 17. The number of anilines is 1. The number of aliphatic carboxylic acids is 1. The van der Waals surface area contributed by atoms with E-state index in [1.165, 1.54) is 0 Å². The lowest BCUT2D eigenvalue weighted by atomic mass is 10.1. The molecule has 3 N–H and O–H groups in total. The maximum absolute atomic E-state index is 10.7. The molecule has 0 aromatic heterocycles. The zero-order chi connectivity index (χ0) is 22.0. The van der Waals surface area contributed by atoms with Gasteiger partial charge in [0.15, 0.2) is 5.11 Å². The molecule has 0 amide bonds. The Morgan fingerprint density at radius 1 is 0.933 bits per heavy atom. The lowest BCUT2D eigenvalue weighted by Gasteiger charge is -2.11. The molecule has 1 aromatic carbocycles. The van der Waals surface area contributed by atoms with Crippen molar-refractivity contribution in [2.45, 2.75) is 20.3 Å². The number of thiocarbonyl (C=S) groups is 1. The standard InChI is InChI=1S/C21H34N2O6S/c1-17(2)16-29-14-13-28-12-11-27-10-9-26-8-7-22-21(30)23-19-5-3-18(4-6-19)15-20(24)25/h3-6,17H,7-16H2,1-2H3,(H,24,25)(H2,22,23,30). The van der Waals surface area contributed by atoms with E-state index >= 15 is 0 Å². The zero-order valence-electron chi connectivity index (χ0n) is 17.9. The van der Waals surface area contributed by atoms with Crippen molar-refractivity contribution in [3.63, 3.8) is 0 Å². The second-order valence-electron chi connectivity index (χ2n) is 6.95. The van der Waals surface area contributed by atoms with Crippen molar-refractivity contribution < 1.29 is 28.8 Å². The summed E-state index contributed by atoms with van der Waals surface area (Å²) in [6, 6.07) is 7.10. The van der Waals surface area contributed by atoms with Gasteiger partial charge in [-0.15, -0.1) is 0 Å². The van der Waals surface area contributed by atoms with E-state index < -0.39 is 5.97 Å². The number of carboxylic acids is 1. The molecule has 8 nitrogen and oxygen atoms in total. The minimum absolute atomic E-state index is 0.00442. The second kappa shape index (κ2) is 17.0. The topological polar surface area (TPSA) is 98.3 Å². The van der Waals surface area contributed by atoms with Crippen LogP contribution in [0.15, 0.2) is 24.3 Å². The van der Waals surface area contributed by atoms with Gasteiger partial charge in [0.2, 0.25) is 0 Å². The van der Waals surface area contributed by atoms with Gasteiger partial charge < -0.3 is 34.7 Å². The Labute approximate surface area is 184 Å². The van der Waals surface area contributed by atoms with Crippen LogP contribution in [0.4, 0.5) is 5.69 Å². The lowest BCUT2D eigenvalue weighted by molar-refractivity contribution is -0.136. The van der Waals surface area contributed by atoms with Crippen LogP contribution in [0.2, 0.25) is 0 Å². The number of carboxylic acid groups (broad SMARTS) is 1. The molecular weight excluding hydrogens is 408 g/mol. The highest BCUT2D eigenvalue weighted by Crippen LogP contribution is 2.10. The third-order valence-electron chi connectivity index (χ3n) is 3.67. The van der Waals surface area contributed by atoms with Crippen molar-refractivity contribution in [3.05, 3.63) is 29.8 Å². The van der Waals surface area contributed by atoms with Crippen molar-refractivity contribution in [1.29, 1.82) is 0 Å². The summed E-state index contributed by atoms with van der Waals surface area (Å²) in [6.07, 6.45) is 0.00442. The highest BCUT2D eigenvalue weighted by Gasteiger charge is 2.02. The number of carbonyl (C=O) groups is 1. The first-order valence-electron chi connectivity index (χ1n) is 10.1. The highest BCUT2D eigenvalue weighted by molar-refractivity contribution is 7.80.